The molecule has 0 radical (unpaired) electrons. The van der Waals surface area contributed by atoms with Crippen LogP contribution in [0, 0.1) is 0 Å². The average molecular weight is 491 g/mol. The SMILES string of the molecule is CC(O)C(NC(=O)C(CC(N)=O)NC(=O)C(N)CCCCN)C(=O)NC(CCC(=O)O)C(=O)O. The van der Waals surface area contributed by atoms with Gasteiger partial charge in [0.2, 0.25) is 23.6 Å². The van der Waals surface area contributed by atoms with Crippen LogP contribution in [-0.2, 0) is 28.8 Å². The molecule has 0 aromatic rings. The lowest BCUT2D eigenvalue weighted by Gasteiger charge is -2.26. The van der Waals surface area contributed by atoms with Gasteiger partial charge in [0.05, 0.1) is 18.6 Å². The molecular weight excluding hydrogens is 456 g/mol. The summed E-state index contributed by atoms with van der Waals surface area (Å²) in [6.45, 7) is 1.54. The molecule has 0 heterocycles. The summed E-state index contributed by atoms with van der Waals surface area (Å²) >= 11 is 0. The summed E-state index contributed by atoms with van der Waals surface area (Å²) in [5, 5.41) is 34.3. The Balaban J connectivity index is 5.37. The zero-order valence-electron chi connectivity index (χ0n) is 18.9. The number of carboxylic acid groups (broad SMARTS) is 2. The Hall–Kier alpha value is -3.30. The summed E-state index contributed by atoms with van der Waals surface area (Å²) in [4.78, 5) is 70.8. The molecule has 0 aromatic carbocycles. The van der Waals surface area contributed by atoms with Crippen LogP contribution < -0.4 is 33.2 Å². The van der Waals surface area contributed by atoms with Gasteiger partial charge in [-0.3, -0.25) is 24.0 Å². The third-order valence-corrected chi connectivity index (χ3v) is 4.67. The fourth-order valence-corrected chi connectivity index (χ4v) is 2.77. The number of carboxylic acids is 2. The molecular formula is C19H34N6O9. The quantitative estimate of drug-likeness (QED) is 0.0888. The van der Waals surface area contributed by atoms with Crippen molar-refractivity contribution < 1.29 is 44.1 Å². The van der Waals surface area contributed by atoms with E-state index in [0.717, 1.165) is 6.92 Å². The van der Waals surface area contributed by atoms with Crippen LogP contribution in [0.2, 0.25) is 0 Å². The Morgan fingerprint density at radius 1 is 0.853 bits per heavy atom. The van der Waals surface area contributed by atoms with Crippen molar-refractivity contribution in [2.75, 3.05) is 6.54 Å². The Morgan fingerprint density at radius 2 is 1.44 bits per heavy atom. The molecule has 15 heteroatoms. The van der Waals surface area contributed by atoms with Gasteiger partial charge in [-0.1, -0.05) is 6.42 Å². The molecule has 5 atom stereocenters. The lowest BCUT2D eigenvalue weighted by atomic mass is 10.1. The van der Waals surface area contributed by atoms with Gasteiger partial charge in [-0.25, -0.2) is 4.79 Å². The molecule has 194 valence electrons. The van der Waals surface area contributed by atoms with E-state index in [2.05, 4.69) is 10.6 Å². The number of amides is 4. The van der Waals surface area contributed by atoms with Gasteiger partial charge in [-0.05, 0) is 32.7 Å². The number of unbranched alkanes of at least 4 members (excludes halogenated alkanes) is 1. The minimum Gasteiger partial charge on any atom is -0.481 e. The Morgan fingerprint density at radius 3 is 1.91 bits per heavy atom. The molecule has 12 N–H and O–H groups in total. The molecule has 0 fully saturated rings. The van der Waals surface area contributed by atoms with Crippen LogP contribution in [-0.4, -0.2) is 87.7 Å². The fourth-order valence-electron chi connectivity index (χ4n) is 2.77. The molecule has 0 aliphatic carbocycles. The van der Waals surface area contributed by atoms with Crippen LogP contribution in [0.1, 0.15) is 45.4 Å². The van der Waals surface area contributed by atoms with Gasteiger partial charge in [0.25, 0.3) is 0 Å². The minimum absolute atomic E-state index is 0.263. The van der Waals surface area contributed by atoms with E-state index in [9.17, 15) is 39.0 Å². The van der Waals surface area contributed by atoms with Crippen molar-refractivity contribution in [3.05, 3.63) is 0 Å². The van der Waals surface area contributed by atoms with Gasteiger partial charge in [-0.2, -0.15) is 0 Å². The van der Waals surface area contributed by atoms with Crippen molar-refractivity contribution >= 4 is 35.6 Å². The first-order chi connectivity index (χ1) is 15.8. The van der Waals surface area contributed by atoms with Crippen LogP contribution in [0.25, 0.3) is 0 Å². The zero-order chi connectivity index (χ0) is 26.4. The van der Waals surface area contributed by atoms with Crippen molar-refractivity contribution in [1.82, 2.24) is 16.0 Å². The molecule has 34 heavy (non-hydrogen) atoms. The molecule has 0 saturated carbocycles. The van der Waals surface area contributed by atoms with Gasteiger partial charge in [0.15, 0.2) is 0 Å². The van der Waals surface area contributed by atoms with E-state index in [1.54, 1.807) is 0 Å². The molecule has 0 aliphatic rings. The maximum Gasteiger partial charge on any atom is 0.326 e. The second-order valence-corrected chi connectivity index (χ2v) is 7.68. The van der Waals surface area contributed by atoms with Gasteiger partial charge in [0.1, 0.15) is 18.1 Å². The van der Waals surface area contributed by atoms with Crippen molar-refractivity contribution in [2.45, 2.75) is 75.7 Å². The maximum absolute atomic E-state index is 12.7. The third-order valence-electron chi connectivity index (χ3n) is 4.67. The van der Waals surface area contributed by atoms with E-state index in [4.69, 9.17) is 22.3 Å². The maximum atomic E-state index is 12.7. The molecule has 0 aliphatic heterocycles. The first-order valence-corrected chi connectivity index (χ1v) is 10.6. The number of nitrogens with two attached hydrogens (primary N) is 3. The highest BCUT2D eigenvalue weighted by molar-refractivity contribution is 5.96. The Labute approximate surface area is 195 Å². The summed E-state index contributed by atoms with van der Waals surface area (Å²) in [6, 6.07) is -5.82. The number of aliphatic carboxylic acids is 2. The zero-order valence-corrected chi connectivity index (χ0v) is 18.9. The van der Waals surface area contributed by atoms with Crippen molar-refractivity contribution in [3.8, 4) is 0 Å². The third kappa shape index (κ3) is 12.1. The summed E-state index contributed by atoms with van der Waals surface area (Å²) < 4.78 is 0. The number of carbonyl (C=O) groups excluding carboxylic acids is 4. The second kappa shape index (κ2) is 15.5. The number of rotatable bonds is 17. The molecule has 0 saturated heterocycles. The predicted molar refractivity (Wildman–Crippen MR) is 117 cm³/mol. The first-order valence-electron chi connectivity index (χ1n) is 10.6. The lowest BCUT2D eigenvalue weighted by molar-refractivity contribution is -0.144. The normalized spacial score (nSPS) is 15.2. The fraction of sp³-hybridized carbons (Fsp3) is 0.684. The van der Waals surface area contributed by atoms with E-state index >= 15 is 0 Å². The number of hydrogen-bond acceptors (Lipinski definition) is 9. The topological polar surface area (TPSA) is 277 Å². The second-order valence-electron chi connectivity index (χ2n) is 7.68. The van der Waals surface area contributed by atoms with Crippen LogP contribution in [0.5, 0.6) is 0 Å². The van der Waals surface area contributed by atoms with Gasteiger partial charge < -0.3 is 48.5 Å². The molecule has 4 amide bonds. The monoisotopic (exact) mass is 490 g/mol. The number of aliphatic hydroxyl groups is 1. The Bertz CT molecular complexity index is 746. The average Bonchev–Trinajstić information content (AvgIpc) is 2.73. The summed E-state index contributed by atoms with van der Waals surface area (Å²) in [5.41, 5.74) is 16.3. The van der Waals surface area contributed by atoms with Crippen LogP contribution in [0.4, 0.5) is 0 Å². The van der Waals surface area contributed by atoms with E-state index in [1.807, 2.05) is 5.32 Å². The van der Waals surface area contributed by atoms with Gasteiger partial charge in [0, 0.05) is 6.42 Å². The molecule has 5 unspecified atom stereocenters. The highest BCUT2D eigenvalue weighted by atomic mass is 16.4. The molecule has 0 rings (SSSR count). The predicted octanol–water partition coefficient (Wildman–Crippen LogP) is -3.90. The van der Waals surface area contributed by atoms with E-state index < -0.39 is 85.1 Å². The summed E-state index contributed by atoms with van der Waals surface area (Å²) in [7, 11) is 0. The van der Waals surface area contributed by atoms with Crippen molar-refractivity contribution in [2.24, 2.45) is 17.2 Å². The van der Waals surface area contributed by atoms with E-state index in [-0.39, 0.29) is 6.42 Å². The molecule has 0 aromatic heterocycles. The summed E-state index contributed by atoms with van der Waals surface area (Å²) in [6.07, 6.45) is -1.73. The number of aliphatic hydroxyl groups excluding tert-OH is 1. The number of carbonyl (C=O) groups is 6. The number of primary amides is 1. The first kappa shape index (κ1) is 30.7. The van der Waals surface area contributed by atoms with Crippen LogP contribution >= 0.6 is 0 Å². The number of hydrogen-bond donors (Lipinski definition) is 9. The van der Waals surface area contributed by atoms with Gasteiger partial charge >= 0.3 is 11.9 Å². The van der Waals surface area contributed by atoms with E-state index in [0.29, 0.717) is 19.4 Å². The van der Waals surface area contributed by atoms with Crippen LogP contribution in [0.3, 0.4) is 0 Å². The smallest absolute Gasteiger partial charge is 0.326 e. The van der Waals surface area contributed by atoms with Crippen molar-refractivity contribution in [1.29, 1.82) is 0 Å². The molecule has 15 nitrogen and oxygen atoms in total. The highest BCUT2D eigenvalue weighted by Gasteiger charge is 2.33. The Kier molecular flexibility index (Phi) is 14.0. The molecule has 0 bridgehead atoms. The molecule has 0 spiro atoms. The summed E-state index contributed by atoms with van der Waals surface area (Å²) in [5.74, 6) is -6.69. The largest absolute Gasteiger partial charge is 0.481 e. The van der Waals surface area contributed by atoms with Crippen molar-refractivity contribution in [3.63, 3.8) is 0 Å². The number of nitrogens with one attached hydrogen (secondary N) is 3. The van der Waals surface area contributed by atoms with Gasteiger partial charge in [-0.15, -0.1) is 0 Å². The van der Waals surface area contributed by atoms with Crippen LogP contribution in [0.15, 0.2) is 0 Å². The highest BCUT2D eigenvalue weighted by Crippen LogP contribution is 2.04. The van der Waals surface area contributed by atoms with E-state index in [1.165, 1.54) is 0 Å². The standard InChI is InChI=1S/C19H34N6O9/c1-9(26)15(18(32)23-11(19(33)34)5-6-14(28)29)25-17(31)12(8-13(22)27)24-16(30)10(21)4-2-3-7-20/h9-12,15,26H,2-8,20-21H2,1H3,(H2,22,27)(H,23,32)(H,24,30)(H,25,31)(H,28,29)(H,33,34). The minimum atomic E-state index is -1.69. The lowest BCUT2D eigenvalue weighted by Crippen LogP contribution is -2.60.